The Balaban J connectivity index is 1.72. The van der Waals surface area contributed by atoms with Crippen LogP contribution in [0.2, 0.25) is 0 Å². The van der Waals surface area contributed by atoms with E-state index in [1.807, 2.05) is 0 Å². The number of carbonyl (C=O) groups is 1. The second-order valence-corrected chi connectivity index (χ2v) is 4.10. The van der Waals surface area contributed by atoms with Crippen LogP contribution >= 0.6 is 0 Å². The average Bonchev–Trinajstić information content (AvgIpc) is 2.02. The van der Waals surface area contributed by atoms with Gasteiger partial charge in [-0.3, -0.25) is 9.69 Å². The van der Waals surface area contributed by atoms with Crippen LogP contribution in [0.1, 0.15) is 25.7 Å². The molecule has 0 bridgehead atoms. The van der Waals surface area contributed by atoms with Crippen LogP contribution in [0.25, 0.3) is 0 Å². The topological polar surface area (TPSA) is 32.3 Å². The van der Waals surface area contributed by atoms with E-state index in [4.69, 9.17) is 0 Å². The third kappa shape index (κ3) is 2.29. The van der Waals surface area contributed by atoms with Crippen molar-refractivity contribution in [2.75, 3.05) is 26.2 Å². The Morgan fingerprint density at radius 2 is 2.00 bits per heavy atom. The molecule has 13 heavy (non-hydrogen) atoms. The molecule has 2 heterocycles. The van der Waals surface area contributed by atoms with Crippen molar-refractivity contribution in [2.24, 2.45) is 0 Å². The molecule has 0 radical (unpaired) electrons. The van der Waals surface area contributed by atoms with Crippen LogP contribution in [0, 0.1) is 0 Å². The number of hydrogen-bond acceptors (Lipinski definition) is 3. The van der Waals surface area contributed by atoms with Crippen molar-refractivity contribution in [3.8, 4) is 0 Å². The molecule has 2 aliphatic rings. The number of rotatable bonds is 3. The minimum Gasteiger partial charge on any atom is -0.307 e. The van der Waals surface area contributed by atoms with Gasteiger partial charge in [0.15, 0.2) is 5.78 Å². The van der Waals surface area contributed by atoms with Gasteiger partial charge in [0.2, 0.25) is 0 Å². The summed E-state index contributed by atoms with van der Waals surface area (Å²) in [6.45, 7) is 3.95. The molecule has 2 saturated heterocycles. The highest BCUT2D eigenvalue weighted by molar-refractivity contribution is 5.86. The molecule has 0 aromatic heterocycles. The minimum absolute atomic E-state index is 0.182. The van der Waals surface area contributed by atoms with E-state index in [-0.39, 0.29) is 6.04 Å². The van der Waals surface area contributed by atoms with Crippen LogP contribution < -0.4 is 5.32 Å². The predicted octanol–water partition coefficient (Wildman–Crippen LogP) is 0.403. The normalized spacial score (nSPS) is 29.7. The maximum atomic E-state index is 11.6. The molecule has 1 unspecified atom stereocenters. The van der Waals surface area contributed by atoms with Crippen LogP contribution in [0.15, 0.2) is 0 Å². The van der Waals surface area contributed by atoms with Crippen LogP contribution in [-0.2, 0) is 4.79 Å². The smallest absolute Gasteiger partial charge is 0.163 e. The maximum absolute atomic E-state index is 11.6. The van der Waals surface area contributed by atoms with Gasteiger partial charge in [-0.2, -0.15) is 0 Å². The molecule has 0 aliphatic carbocycles. The molecule has 0 amide bonds. The zero-order valence-electron chi connectivity index (χ0n) is 8.09. The highest BCUT2D eigenvalue weighted by atomic mass is 16.1. The number of nitrogens with zero attached hydrogens (tertiary/aromatic N) is 1. The lowest BCUT2D eigenvalue weighted by atomic mass is 10.0. The number of ketones is 1. The molecule has 1 N–H and O–H groups in total. The van der Waals surface area contributed by atoms with Gasteiger partial charge in [0.05, 0.1) is 12.6 Å². The average molecular weight is 182 g/mol. The molecular weight excluding hydrogens is 164 g/mol. The SMILES string of the molecule is O=C(CN1CCCCC1)C1CCN1. The monoisotopic (exact) mass is 182 g/mol. The number of likely N-dealkylation sites (tertiary alicyclic amines) is 1. The first kappa shape index (κ1) is 9.16. The quantitative estimate of drug-likeness (QED) is 0.686. The van der Waals surface area contributed by atoms with Gasteiger partial charge in [-0.05, 0) is 38.9 Å². The molecule has 0 saturated carbocycles. The molecule has 2 rings (SSSR count). The van der Waals surface area contributed by atoms with Gasteiger partial charge >= 0.3 is 0 Å². The van der Waals surface area contributed by atoms with E-state index in [0.717, 1.165) is 26.1 Å². The Kier molecular flexibility index (Phi) is 2.96. The van der Waals surface area contributed by atoms with Crippen molar-refractivity contribution < 1.29 is 4.79 Å². The Morgan fingerprint density at radius 3 is 2.54 bits per heavy atom. The van der Waals surface area contributed by atoms with Gasteiger partial charge < -0.3 is 5.32 Å². The highest BCUT2D eigenvalue weighted by Crippen LogP contribution is 2.10. The number of piperidine rings is 1. The van der Waals surface area contributed by atoms with Crippen molar-refractivity contribution in [1.82, 2.24) is 10.2 Å². The summed E-state index contributed by atoms with van der Waals surface area (Å²) in [5.74, 6) is 0.396. The summed E-state index contributed by atoms with van der Waals surface area (Å²) in [4.78, 5) is 13.9. The first-order valence-corrected chi connectivity index (χ1v) is 5.35. The van der Waals surface area contributed by atoms with Gasteiger partial charge in [0, 0.05) is 0 Å². The zero-order chi connectivity index (χ0) is 9.10. The number of hydrogen-bond donors (Lipinski definition) is 1. The van der Waals surface area contributed by atoms with E-state index in [0.29, 0.717) is 12.3 Å². The Bertz CT molecular complexity index is 183. The van der Waals surface area contributed by atoms with Crippen LogP contribution in [-0.4, -0.2) is 42.9 Å². The molecule has 74 valence electrons. The first-order valence-electron chi connectivity index (χ1n) is 5.35. The van der Waals surface area contributed by atoms with E-state index in [2.05, 4.69) is 10.2 Å². The standard InChI is InChI=1S/C10H18N2O/c13-10(9-4-5-11-9)8-12-6-2-1-3-7-12/h9,11H,1-8H2. The van der Waals surface area contributed by atoms with Crippen molar-refractivity contribution in [2.45, 2.75) is 31.7 Å². The van der Waals surface area contributed by atoms with Crippen molar-refractivity contribution in [3.63, 3.8) is 0 Å². The summed E-state index contributed by atoms with van der Waals surface area (Å²) in [5.41, 5.74) is 0. The van der Waals surface area contributed by atoms with Gasteiger partial charge in [-0.1, -0.05) is 6.42 Å². The molecule has 3 nitrogen and oxygen atoms in total. The highest BCUT2D eigenvalue weighted by Gasteiger charge is 2.25. The van der Waals surface area contributed by atoms with E-state index in [1.54, 1.807) is 0 Å². The fourth-order valence-electron chi connectivity index (χ4n) is 2.01. The lowest BCUT2D eigenvalue weighted by molar-refractivity contribution is -0.124. The minimum atomic E-state index is 0.182. The van der Waals surface area contributed by atoms with Crippen LogP contribution in [0.5, 0.6) is 0 Å². The predicted molar refractivity (Wildman–Crippen MR) is 51.7 cm³/mol. The molecule has 0 aromatic rings. The van der Waals surface area contributed by atoms with Crippen LogP contribution in [0.4, 0.5) is 0 Å². The number of nitrogens with one attached hydrogen (secondary N) is 1. The fourth-order valence-corrected chi connectivity index (χ4v) is 2.01. The Hall–Kier alpha value is -0.410. The van der Waals surface area contributed by atoms with Crippen molar-refractivity contribution in [1.29, 1.82) is 0 Å². The summed E-state index contributed by atoms with van der Waals surface area (Å²) < 4.78 is 0. The fraction of sp³-hybridized carbons (Fsp3) is 0.900. The van der Waals surface area contributed by atoms with Crippen molar-refractivity contribution in [3.05, 3.63) is 0 Å². The molecule has 3 heteroatoms. The number of Topliss-reactive ketones (excluding diaryl/α,β-unsaturated/α-hetero) is 1. The van der Waals surface area contributed by atoms with Gasteiger partial charge in [0.1, 0.15) is 0 Å². The third-order valence-corrected chi connectivity index (χ3v) is 3.04. The summed E-state index contributed by atoms with van der Waals surface area (Å²) in [5, 5.41) is 3.16. The molecule has 2 fully saturated rings. The molecular formula is C10H18N2O. The summed E-state index contributed by atoms with van der Waals surface area (Å²) in [6, 6.07) is 0.182. The van der Waals surface area contributed by atoms with Gasteiger partial charge in [-0.25, -0.2) is 0 Å². The lowest BCUT2D eigenvalue weighted by Gasteiger charge is -2.31. The van der Waals surface area contributed by atoms with Gasteiger partial charge in [-0.15, -0.1) is 0 Å². The molecule has 1 atom stereocenters. The van der Waals surface area contributed by atoms with E-state index in [1.165, 1.54) is 19.3 Å². The second kappa shape index (κ2) is 4.20. The molecule has 2 aliphatic heterocycles. The van der Waals surface area contributed by atoms with Crippen molar-refractivity contribution >= 4 is 5.78 Å². The Labute approximate surface area is 79.5 Å². The zero-order valence-corrected chi connectivity index (χ0v) is 8.09. The largest absolute Gasteiger partial charge is 0.307 e. The lowest BCUT2D eigenvalue weighted by Crippen LogP contribution is -2.52. The maximum Gasteiger partial charge on any atom is 0.163 e. The first-order chi connectivity index (χ1) is 6.36. The summed E-state index contributed by atoms with van der Waals surface area (Å²) >= 11 is 0. The summed E-state index contributed by atoms with van der Waals surface area (Å²) in [7, 11) is 0. The number of carbonyl (C=O) groups excluding carboxylic acids is 1. The van der Waals surface area contributed by atoms with E-state index >= 15 is 0 Å². The van der Waals surface area contributed by atoms with E-state index in [9.17, 15) is 4.79 Å². The Morgan fingerprint density at radius 1 is 1.31 bits per heavy atom. The molecule has 0 spiro atoms. The summed E-state index contributed by atoms with van der Waals surface area (Å²) in [6.07, 6.45) is 4.93. The van der Waals surface area contributed by atoms with Crippen LogP contribution in [0.3, 0.4) is 0 Å². The van der Waals surface area contributed by atoms with E-state index < -0.39 is 0 Å². The van der Waals surface area contributed by atoms with Gasteiger partial charge in [0.25, 0.3) is 0 Å². The third-order valence-electron chi connectivity index (χ3n) is 3.04. The second-order valence-electron chi connectivity index (χ2n) is 4.10. The molecule has 0 aromatic carbocycles.